The molecule has 1 aromatic carbocycles. The quantitative estimate of drug-likeness (QED) is 0.858. The van der Waals surface area contributed by atoms with E-state index in [-0.39, 0.29) is 0 Å². The van der Waals surface area contributed by atoms with Gasteiger partial charge in [-0.2, -0.15) is 0 Å². The van der Waals surface area contributed by atoms with Crippen molar-refractivity contribution in [1.82, 2.24) is 5.32 Å². The lowest BCUT2D eigenvalue weighted by Crippen LogP contribution is -2.36. The average molecular weight is 247 g/mol. The fourth-order valence-electron chi connectivity index (χ4n) is 2.87. The summed E-state index contributed by atoms with van der Waals surface area (Å²) in [6.07, 6.45) is 3.62. The van der Waals surface area contributed by atoms with Gasteiger partial charge >= 0.3 is 0 Å². The Kier molecular flexibility index (Phi) is 4.65. The highest BCUT2D eigenvalue weighted by Gasteiger charge is 2.28. The maximum atomic E-state index is 5.75. The van der Waals surface area contributed by atoms with E-state index in [1.54, 1.807) is 0 Å². The number of nitrogens with one attached hydrogen (secondary N) is 1. The van der Waals surface area contributed by atoms with Crippen LogP contribution >= 0.6 is 0 Å². The maximum absolute atomic E-state index is 5.75. The lowest BCUT2D eigenvalue weighted by molar-refractivity contribution is 0.236. The predicted octanol–water partition coefficient (Wildman–Crippen LogP) is 3.58. The first-order valence-electron chi connectivity index (χ1n) is 7.15. The fraction of sp³-hybridized carbons (Fsp3) is 0.625. The Balaban J connectivity index is 2.17. The molecule has 1 aromatic rings. The van der Waals surface area contributed by atoms with Crippen LogP contribution in [-0.2, 0) is 0 Å². The van der Waals surface area contributed by atoms with E-state index >= 15 is 0 Å². The van der Waals surface area contributed by atoms with E-state index in [4.69, 9.17) is 4.74 Å². The van der Waals surface area contributed by atoms with Crippen LogP contribution in [-0.4, -0.2) is 19.7 Å². The molecule has 1 N–H and O–H groups in total. The first-order valence-corrected chi connectivity index (χ1v) is 7.15. The van der Waals surface area contributed by atoms with Gasteiger partial charge in [0.25, 0.3) is 0 Å². The van der Waals surface area contributed by atoms with Crippen molar-refractivity contribution in [1.29, 1.82) is 0 Å². The van der Waals surface area contributed by atoms with E-state index in [1.807, 2.05) is 0 Å². The second-order valence-corrected chi connectivity index (χ2v) is 5.43. The van der Waals surface area contributed by atoms with Crippen LogP contribution in [0.4, 0.5) is 0 Å². The molecule has 1 aliphatic rings. The van der Waals surface area contributed by atoms with Crippen molar-refractivity contribution in [2.75, 3.05) is 13.7 Å². The number of para-hydroxylation sites is 1. The molecule has 2 heteroatoms. The van der Waals surface area contributed by atoms with Crippen LogP contribution < -0.4 is 10.1 Å². The summed E-state index contributed by atoms with van der Waals surface area (Å²) < 4.78 is 5.75. The van der Waals surface area contributed by atoms with Gasteiger partial charge in [-0.15, -0.1) is 0 Å². The summed E-state index contributed by atoms with van der Waals surface area (Å²) >= 11 is 0. The first kappa shape index (κ1) is 13.4. The second-order valence-electron chi connectivity index (χ2n) is 5.43. The molecule has 1 heterocycles. The molecule has 2 nitrogen and oxygen atoms in total. The molecule has 3 unspecified atom stereocenters. The van der Waals surface area contributed by atoms with Crippen molar-refractivity contribution in [3.8, 4) is 5.75 Å². The first-order chi connectivity index (χ1) is 8.76. The number of rotatable bonds is 5. The van der Waals surface area contributed by atoms with E-state index in [0.29, 0.717) is 12.0 Å². The molecule has 0 spiro atoms. The van der Waals surface area contributed by atoms with Gasteiger partial charge in [0.05, 0.1) is 6.61 Å². The summed E-state index contributed by atoms with van der Waals surface area (Å²) in [5, 5.41) is 3.52. The third-order valence-corrected chi connectivity index (χ3v) is 4.21. The Bertz CT molecular complexity index is 377. The van der Waals surface area contributed by atoms with Gasteiger partial charge < -0.3 is 10.1 Å². The van der Waals surface area contributed by atoms with Gasteiger partial charge in [0.15, 0.2) is 0 Å². The Labute approximate surface area is 111 Å². The standard InChI is InChI=1S/C16H25NO/c1-4-12(2)11-15(17-3)13-9-10-18-16-8-6-5-7-14(13)16/h5-8,12-13,15,17H,4,9-11H2,1-3H3. The molecule has 2 rings (SSSR count). The molecule has 0 saturated carbocycles. The molecule has 0 amide bonds. The molecule has 100 valence electrons. The summed E-state index contributed by atoms with van der Waals surface area (Å²) in [5.41, 5.74) is 1.38. The van der Waals surface area contributed by atoms with Gasteiger partial charge in [-0.1, -0.05) is 38.5 Å². The van der Waals surface area contributed by atoms with Crippen molar-refractivity contribution in [3.63, 3.8) is 0 Å². The Morgan fingerprint density at radius 2 is 2.17 bits per heavy atom. The minimum Gasteiger partial charge on any atom is -0.493 e. The zero-order valence-electron chi connectivity index (χ0n) is 11.8. The van der Waals surface area contributed by atoms with E-state index < -0.39 is 0 Å². The smallest absolute Gasteiger partial charge is 0.122 e. The van der Waals surface area contributed by atoms with E-state index in [9.17, 15) is 0 Å². The summed E-state index contributed by atoms with van der Waals surface area (Å²) in [5.74, 6) is 2.45. The molecular weight excluding hydrogens is 222 g/mol. The molecule has 1 aliphatic heterocycles. The molecule has 0 aliphatic carbocycles. The number of fused-ring (bicyclic) bond motifs is 1. The van der Waals surface area contributed by atoms with Crippen molar-refractivity contribution in [2.24, 2.45) is 5.92 Å². The molecule has 0 fully saturated rings. The van der Waals surface area contributed by atoms with E-state index in [0.717, 1.165) is 24.7 Å². The van der Waals surface area contributed by atoms with Gasteiger partial charge in [0.1, 0.15) is 5.75 Å². The Morgan fingerprint density at radius 1 is 1.39 bits per heavy atom. The zero-order valence-corrected chi connectivity index (χ0v) is 11.8. The van der Waals surface area contributed by atoms with Crippen molar-refractivity contribution < 1.29 is 4.74 Å². The minimum absolute atomic E-state index is 0.560. The number of hydrogen-bond donors (Lipinski definition) is 1. The van der Waals surface area contributed by atoms with Crippen molar-refractivity contribution in [2.45, 2.75) is 45.1 Å². The number of ether oxygens (including phenoxy) is 1. The number of benzene rings is 1. The third kappa shape index (κ3) is 2.86. The van der Waals surface area contributed by atoms with Crippen LogP contribution in [0.15, 0.2) is 24.3 Å². The highest BCUT2D eigenvalue weighted by molar-refractivity contribution is 5.38. The third-order valence-electron chi connectivity index (χ3n) is 4.21. The van der Waals surface area contributed by atoms with Gasteiger partial charge in [0.2, 0.25) is 0 Å². The van der Waals surface area contributed by atoms with Crippen LogP contribution in [0.2, 0.25) is 0 Å². The van der Waals surface area contributed by atoms with Gasteiger partial charge in [0, 0.05) is 12.0 Å². The van der Waals surface area contributed by atoms with Crippen LogP contribution in [0.3, 0.4) is 0 Å². The largest absolute Gasteiger partial charge is 0.493 e. The number of hydrogen-bond acceptors (Lipinski definition) is 2. The van der Waals surface area contributed by atoms with Crippen LogP contribution in [0, 0.1) is 5.92 Å². The van der Waals surface area contributed by atoms with Crippen molar-refractivity contribution >= 4 is 0 Å². The van der Waals surface area contributed by atoms with E-state index in [1.165, 1.54) is 18.4 Å². The van der Waals surface area contributed by atoms with Crippen LogP contribution in [0.25, 0.3) is 0 Å². The average Bonchev–Trinajstić information content (AvgIpc) is 2.44. The molecule has 3 atom stereocenters. The lowest BCUT2D eigenvalue weighted by atomic mass is 9.82. The molecule has 0 saturated heterocycles. The predicted molar refractivity (Wildman–Crippen MR) is 76.2 cm³/mol. The molecular formula is C16H25NO. The van der Waals surface area contributed by atoms with Crippen LogP contribution in [0.1, 0.15) is 44.6 Å². The van der Waals surface area contributed by atoms with Gasteiger partial charge in [-0.25, -0.2) is 0 Å². The summed E-state index contributed by atoms with van der Waals surface area (Å²) in [7, 11) is 2.09. The second kappa shape index (κ2) is 6.24. The Hall–Kier alpha value is -1.02. The molecule has 0 aromatic heterocycles. The monoisotopic (exact) mass is 247 g/mol. The zero-order chi connectivity index (χ0) is 13.0. The summed E-state index contributed by atoms with van der Waals surface area (Å²) in [6, 6.07) is 9.06. The highest BCUT2D eigenvalue weighted by atomic mass is 16.5. The minimum atomic E-state index is 0.560. The molecule has 18 heavy (non-hydrogen) atoms. The Morgan fingerprint density at radius 3 is 2.89 bits per heavy atom. The molecule has 0 bridgehead atoms. The normalized spacial score (nSPS) is 21.8. The number of likely N-dealkylation sites (N-methyl/N-ethyl adjacent to an activating group) is 1. The van der Waals surface area contributed by atoms with Crippen LogP contribution in [0.5, 0.6) is 5.75 Å². The summed E-state index contributed by atoms with van der Waals surface area (Å²) in [4.78, 5) is 0. The van der Waals surface area contributed by atoms with Gasteiger partial charge in [-0.05, 0) is 37.4 Å². The summed E-state index contributed by atoms with van der Waals surface area (Å²) in [6.45, 7) is 5.46. The van der Waals surface area contributed by atoms with Crippen molar-refractivity contribution in [3.05, 3.63) is 29.8 Å². The topological polar surface area (TPSA) is 21.3 Å². The van der Waals surface area contributed by atoms with E-state index in [2.05, 4.69) is 50.5 Å². The lowest BCUT2D eigenvalue weighted by Gasteiger charge is -2.33. The highest BCUT2D eigenvalue weighted by Crippen LogP contribution is 2.37. The molecule has 0 radical (unpaired) electrons. The fourth-order valence-corrected chi connectivity index (χ4v) is 2.87. The maximum Gasteiger partial charge on any atom is 0.122 e. The van der Waals surface area contributed by atoms with Gasteiger partial charge in [-0.3, -0.25) is 0 Å². The SMILES string of the molecule is CCC(C)CC(NC)C1CCOc2ccccc21.